The summed E-state index contributed by atoms with van der Waals surface area (Å²) in [6.07, 6.45) is 1.95. The smallest absolute Gasteiger partial charge is 0.256 e. The molecule has 0 saturated carbocycles. The molecule has 5 rings (SSSR count). The van der Waals surface area contributed by atoms with Crippen molar-refractivity contribution in [2.24, 2.45) is 0 Å². The van der Waals surface area contributed by atoms with Crippen LogP contribution in [-0.4, -0.2) is 56.4 Å². The summed E-state index contributed by atoms with van der Waals surface area (Å²) < 4.78 is 31.9. The highest BCUT2D eigenvalue weighted by molar-refractivity contribution is 7.90. The first-order valence-electron chi connectivity index (χ1n) is 12.4. The zero-order valence-corrected chi connectivity index (χ0v) is 23.8. The number of rotatable bonds is 6. The number of anilines is 1. The fourth-order valence-corrected chi connectivity index (χ4v) is 7.01. The molecular weight excluding hydrogens is 561 g/mol. The number of hydrogen-bond donors (Lipinski definition) is 2. The number of nitrogens with one attached hydrogen (secondary N) is 2. The highest BCUT2D eigenvalue weighted by Gasteiger charge is 2.28. The van der Waals surface area contributed by atoms with Crippen molar-refractivity contribution < 1.29 is 22.7 Å². The molecule has 0 atom stereocenters. The Labute approximate surface area is 236 Å². The molecule has 204 valence electrons. The lowest BCUT2D eigenvalue weighted by Crippen LogP contribution is -2.41. The maximum atomic E-state index is 13.3. The minimum Gasteiger partial charge on any atom is -0.378 e. The van der Waals surface area contributed by atoms with E-state index in [1.165, 1.54) is 12.1 Å². The van der Waals surface area contributed by atoms with Crippen LogP contribution in [0.25, 0.3) is 11.6 Å². The molecule has 1 saturated heterocycles. The molecule has 2 amide bonds. The summed E-state index contributed by atoms with van der Waals surface area (Å²) in [4.78, 5) is 30.9. The molecule has 0 unspecified atom stereocenters. The van der Waals surface area contributed by atoms with Gasteiger partial charge in [0.15, 0.2) is 9.84 Å². The van der Waals surface area contributed by atoms with Crippen molar-refractivity contribution in [1.82, 2.24) is 9.88 Å². The Balaban J connectivity index is 1.45. The number of aromatic nitrogens is 1. The second-order valence-corrected chi connectivity index (χ2v) is 12.4. The number of aromatic amines is 1. The van der Waals surface area contributed by atoms with Gasteiger partial charge in [-0.25, -0.2) is 8.42 Å². The second-order valence-electron chi connectivity index (χ2n) is 9.62. The van der Waals surface area contributed by atoms with E-state index in [2.05, 4.69) is 10.3 Å². The van der Waals surface area contributed by atoms with Crippen LogP contribution in [0.3, 0.4) is 0 Å². The van der Waals surface area contributed by atoms with Gasteiger partial charge in [0.2, 0.25) is 5.91 Å². The fourth-order valence-electron chi connectivity index (χ4n) is 4.89. The fraction of sp³-hybridized carbons (Fsp3) is 0.286. The summed E-state index contributed by atoms with van der Waals surface area (Å²) in [5, 5.41) is 3.34. The number of benzene rings is 2. The molecule has 2 N–H and O–H groups in total. The van der Waals surface area contributed by atoms with Gasteiger partial charge in [0, 0.05) is 51.3 Å². The number of ether oxygens (including phenoxy) is 1. The lowest BCUT2D eigenvalue weighted by atomic mass is 10.0. The third kappa shape index (κ3) is 5.49. The molecule has 39 heavy (non-hydrogen) atoms. The van der Waals surface area contributed by atoms with Crippen LogP contribution < -0.4 is 5.32 Å². The number of carbonyl (C=O) groups is 2. The van der Waals surface area contributed by atoms with E-state index in [0.717, 1.165) is 16.8 Å². The number of nitrogens with zero attached hydrogens (tertiary/aromatic N) is 1. The van der Waals surface area contributed by atoms with Gasteiger partial charge in [-0.3, -0.25) is 9.59 Å². The predicted octanol–water partition coefficient (Wildman–Crippen LogP) is 4.81. The maximum Gasteiger partial charge on any atom is 0.256 e. The number of H-pyrrole nitrogens is 1. The average Bonchev–Trinajstić information content (AvgIpc) is 3.36. The normalized spacial score (nSPS) is 16.5. The molecule has 2 aliphatic heterocycles. The number of hydrogen-bond acceptors (Lipinski definition) is 5. The SMILES string of the molecule is Cc1[nH]c(/C=C2\C(=O)Nc3ccc(S(=O)(=O)Cc4c(Cl)cccc4Cl)cc32)c(C)c1CC(=O)N1CCOCC1. The number of halogens is 2. The first kappa shape index (κ1) is 27.5. The van der Waals surface area contributed by atoms with E-state index in [-0.39, 0.29) is 38.9 Å². The quantitative estimate of drug-likeness (QED) is 0.402. The summed E-state index contributed by atoms with van der Waals surface area (Å²) in [7, 11) is -3.82. The monoisotopic (exact) mass is 587 g/mol. The average molecular weight is 589 g/mol. The van der Waals surface area contributed by atoms with E-state index in [4.69, 9.17) is 27.9 Å². The largest absolute Gasteiger partial charge is 0.378 e. The summed E-state index contributed by atoms with van der Waals surface area (Å²) >= 11 is 12.4. The van der Waals surface area contributed by atoms with Crippen molar-refractivity contribution in [3.63, 3.8) is 0 Å². The Hall–Kier alpha value is -3.11. The lowest BCUT2D eigenvalue weighted by Gasteiger charge is -2.27. The third-order valence-corrected chi connectivity index (χ3v) is 9.49. The number of aryl methyl sites for hydroxylation is 1. The van der Waals surface area contributed by atoms with Gasteiger partial charge < -0.3 is 19.9 Å². The van der Waals surface area contributed by atoms with E-state index in [1.807, 2.05) is 13.8 Å². The number of amides is 2. The van der Waals surface area contributed by atoms with E-state index in [1.54, 1.807) is 35.2 Å². The minimum atomic E-state index is -3.82. The van der Waals surface area contributed by atoms with Crippen LogP contribution in [0.2, 0.25) is 10.0 Å². The summed E-state index contributed by atoms with van der Waals surface area (Å²) in [5.41, 5.74) is 4.91. The molecule has 3 heterocycles. The van der Waals surface area contributed by atoms with E-state index < -0.39 is 9.84 Å². The molecular formula is C28H27Cl2N3O5S. The van der Waals surface area contributed by atoms with Gasteiger partial charge in [0.1, 0.15) is 0 Å². The Morgan fingerprint density at radius 2 is 1.77 bits per heavy atom. The molecule has 2 aliphatic rings. The van der Waals surface area contributed by atoms with Crippen molar-refractivity contribution in [2.75, 3.05) is 31.6 Å². The van der Waals surface area contributed by atoms with Gasteiger partial charge in [0.25, 0.3) is 5.91 Å². The second kappa shape index (κ2) is 10.8. The van der Waals surface area contributed by atoms with Crippen LogP contribution in [0.15, 0.2) is 41.3 Å². The molecule has 1 fully saturated rings. The molecule has 0 aliphatic carbocycles. The molecule has 8 nitrogen and oxygen atoms in total. The van der Waals surface area contributed by atoms with Crippen LogP contribution in [0.5, 0.6) is 0 Å². The molecule has 1 aromatic heterocycles. The highest BCUT2D eigenvalue weighted by Crippen LogP contribution is 2.37. The molecule has 0 bridgehead atoms. The Kier molecular flexibility index (Phi) is 7.61. The van der Waals surface area contributed by atoms with Gasteiger partial charge in [-0.2, -0.15) is 0 Å². The third-order valence-electron chi connectivity index (χ3n) is 7.14. The number of morpholine rings is 1. The zero-order valence-electron chi connectivity index (χ0n) is 21.4. The number of fused-ring (bicyclic) bond motifs is 1. The molecule has 0 radical (unpaired) electrons. The molecule has 2 aromatic carbocycles. The van der Waals surface area contributed by atoms with Crippen molar-refractivity contribution in [3.05, 3.63) is 80.1 Å². The van der Waals surface area contributed by atoms with Gasteiger partial charge >= 0.3 is 0 Å². The van der Waals surface area contributed by atoms with Crippen molar-refractivity contribution >= 4 is 62.2 Å². The summed E-state index contributed by atoms with van der Waals surface area (Å²) in [6.45, 7) is 6.01. The standard InChI is InChI=1S/C28H27Cl2N3O5S/c1-16-19(14-27(34)33-8-10-38-11-9-33)17(2)31-26(16)13-21-20-12-18(6-7-25(20)32-28(21)35)39(36,37)15-22-23(29)4-3-5-24(22)30/h3-7,12-13,31H,8-11,14-15H2,1-2H3,(H,32,35)/b21-13-. The summed E-state index contributed by atoms with van der Waals surface area (Å²) in [5.74, 6) is -0.688. The van der Waals surface area contributed by atoms with Crippen LogP contribution >= 0.6 is 23.2 Å². The Morgan fingerprint density at radius 1 is 1.08 bits per heavy atom. The lowest BCUT2D eigenvalue weighted by molar-refractivity contribution is -0.134. The molecule has 0 spiro atoms. The maximum absolute atomic E-state index is 13.3. The van der Waals surface area contributed by atoms with Gasteiger partial charge in [0.05, 0.1) is 35.9 Å². The predicted molar refractivity (Wildman–Crippen MR) is 152 cm³/mol. The molecule has 3 aromatic rings. The minimum absolute atomic E-state index is 0.0279. The van der Waals surface area contributed by atoms with Crippen LogP contribution in [0.4, 0.5) is 5.69 Å². The first-order valence-corrected chi connectivity index (χ1v) is 14.8. The van der Waals surface area contributed by atoms with Crippen LogP contribution in [0.1, 0.15) is 33.6 Å². The Morgan fingerprint density at radius 3 is 2.46 bits per heavy atom. The van der Waals surface area contributed by atoms with E-state index >= 15 is 0 Å². The summed E-state index contributed by atoms with van der Waals surface area (Å²) in [6, 6.07) is 9.36. The van der Waals surface area contributed by atoms with Crippen molar-refractivity contribution in [2.45, 2.75) is 30.9 Å². The number of sulfone groups is 1. The van der Waals surface area contributed by atoms with Crippen LogP contribution in [0, 0.1) is 13.8 Å². The Bertz CT molecular complexity index is 1600. The van der Waals surface area contributed by atoms with Crippen molar-refractivity contribution in [3.8, 4) is 0 Å². The number of carbonyl (C=O) groups excluding carboxylic acids is 2. The molecule has 11 heteroatoms. The zero-order chi connectivity index (χ0) is 27.9. The topological polar surface area (TPSA) is 109 Å². The first-order chi connectivity index (χ1) is 18.5. The van der Waals surface area contributed by atoms with Crippen molar-refractivity contribution in [1.29, 1.82) is 0 Å². The van der Waals surface area contributed by atoms with E-state index in [0.29, 0.717) is 54.4 Å². The van der Waals surface area contributed by atoms with Crippen LogP contribution in [-0.2, 0) is 36.3 Å². The van der Waals surface area contributed by atoms with Gasteiger partial charge in [-0.15, -0.1) is 0 Å². The van der Waals surface area contributed by atoms with Gasteiger partial charge in [-0.1, -0.05) is 29.3 Å². The van der Waals surface area contributed by atoms with Gasteiger partial charge in [-0.05, 0) is 61.4 Å². The van der Waals surface area contributed by atoms with E-state index in [9.17, 15) is 18.0 Å². The highest BCUT2D eigenvalue weighted by atomic mass is 35.5.